The minimum absolute atomic E-state index is 0. The van der Waals surface area contributed by atoms with Crippen LogP contribution < -0.4 is 5.32 Å². The highest BCUT2D eigenvalue weighted by atomic mass is 35.5. The van der Waals surface area contributed by atoms with Crippen LogP contribution in [0.3, 0.4) is 0 Å². The van der Waals surface area contributed by atoms with Crippen LogP contribution in [0.1, 0.15) is 13.3 Å². The van der Waals surface area contributed by atoms with Crippen LogP contribution >= 0.6 is 24.8 Å². The number of likely N-dealkylation sites (tertiary alicyclic amines) is 1. The third-order valence-corrected chi connectivity index (χ3v) is 4.86. The van der Waals surface area contributed by atoms with Gasteiger partial charge in [0.2, 0.25) is 5.91 Å². The van der Waals surface area contributed by atoms with E-state index in [1.807, 2.05) is 4.90 Å². The lowest BCUT2D eigenvalue weighted by Crippen LogP contribution is -2.47. The van der Waals surface area contributed by atoms with E-state index < -0.39 is 0 Å². The van der Waals surface area contributed by atoms with E-state index in [4.69, 9.17) is 9.47 Å². The van der Waals surface area contributed by atoms with Crippen molar-refractivity contribution in [3.8, 4) is 0 Å². The van der Waals surface area contributed by atoms with Gasteiger partial charge < -0.3 is 19.7 Å². The molecule has 3 aliphatic heterocycles. The number of ether oxygens (including phenoxy) is 2. The van der Waals surface area contributed by atoms with Gasteiger partial charge in [0.25, 0.3) is 0 Å². The Hall–Kier alpha value is -0.110. The number of rotatable bonds is 3. The maximum absolute atomic E-state index is 12.5. The molecule has 3 saturated heterocycles. The molecule has 0 aromatic heterocycles. The average Bonchev–Trinajstić information content (AvgIpc) is 2.91. The summed E-state index contributed by atoms with van der Waals surface area (Å²) in [6, 6.07) is 0.678. The summed E-state index contributed by atoms with van der Waals surface area (Å²) >= 11 is 0. The largest absolute Gasteiger partial charge is 0.379 e. The molecule has 8 heteroatoms. The lowest BCUT2D eigenvalue weighted by atomic mass is 10.0. The normalized spacial score (nSPS) is 32.0. The Balaban J connectivity index is 0.00000132. The molecular weight excluding hydrogens is 341 g/mol. The predicted molar refractivity (Wildman–Crippen MR) is 93.6 cm³/mol. The first-order chi connectivity index (χ1) is 10.2. The summed E-state index contributed by atoms with van der Waals surface area (Å²) in [6.45, 7) is 9.90. The highest BCUT2D eigenvalue weighted by Crippen LogP contribution is 2.23. The third-order valence-electron chi connectivity index (χ3n) is 4.86. The fraction of sp³-hybridized carbons (Fsp3) is 0.933. The van der Waals surface area contributed by atoms with Gasteiger partial charge in [0.05, 0.1) is 26.4 Å². The van der Waals surface area contributed by atoms with E-state index in [9.17, 15) is 4.79 Å². The number of nitrogens with zero attached hydrogens (tertiary/aromatic N) is 2. The molecule has 1 N–H and O–H groups in total. The SMILES string of the molecule is CC1CN(C(=O)CC2COCCN2)CC1N1CCOCC1.Cl.Cl. The molecule has 0 aliphatic carbocycles. The number of carbonyl (C=O) groups excluding carboxylic acids is 1. The van der Waals surface area contributed by atoms with Crippen LogP contribution in [0.15, 0.2) is 0 Å². The summed E-state index contributed by atoms with van der Waals surface area (Å²) in [5.74, 6) is 0.809. The molecule has 23 heavy (non-hydrogen) atoms. The van der Waals surface area contributed by atoms with Gasteiger partial charge in [-0.05, 0) is 5.92 Å². The van der Waals surface area contributed by atoms with Gasteiger partial charge in [-0.15, -0.1) is 24.8 Å². The zero-order valence-electron chi connectivity index (χ0n) is 13.7. The molecule has 3 aliphatic rings. The van der Waals surface area contributed by atoms with Crippen LogP contribution in [0.5, 0.6) is 0 Å². The maximum Gasteiger partial charge on any atom is 0.224 e. The molecule has 0 aromatic rings. The summed E-state index contributed by atoms with van der Waals surface area (Å²) in [7, 11) is 0. The van der Waals surface area contributed by atoms with Crippen LogP contribution in [0, 0.1) is 5.92 Å². The molecule has 0 radical (unpaired) electrons. The van der Waals surface area contributed by atoms with Crippen molar-refractivity contribution in [1.29, 1.82) is 0 Å². The van der Waals surface area contributed by atoms with Crippen LogP contribution in [0.4, 0.5) is 0 Å². The van der Waals surface area contributed by atoms with Crippen LogP contribution in [0.25, 0.3) is 0 Å². The Labute approximate surface area is 151 Å². The summed E-state index contributed by atoms with van der Waals surface area (Å²) < 4.78 is 10.9. The second-order valence-corrected chi connectivity index (χ2v) is 6.42. The van der Waals surface area contributed by atoms with Crippen molar-refractivity contribution < 1.29 is 14.3 Å². The zero-order valence-corrected chi connectivity index (χ0v) is 15.4. The Morgan fingerprint density at radius 3 is 2.52 bits per heavy atom. The molecule has 3 rings (SSSR count). The van der Waals surface area contributed by atoms with Crippen molar-refractivity contribution in [2.24, 2.45) is 5.92 Å². The molecule has 3 unspecified atom stereocenters. The van der Waals surface area contributed by atoms with Crippen molar-refractivity contribution in [3.05, 3.63) is 0 Å². The second kappa shape index (κ2) is 10.0. The Morgan fingerprint density at radius 1 is 1.13 bits per heavy atom. The number of amides is 1. The third kappa shape index (κ3) is 5.44. The van der Waals surface area contributed by atoms with Gasteiger partial charge >= 0.3 is 0 Å². The van der Waals surface area contributed by atoms with Crippen LogP contribution in [-0.2, 0) is 14.3 Å². The Bertz CT molecular complexity index is 364. The molecular formula is C15H29Cl2N3O3. The molecule has 0 aromatic carbocycles. The van der Waals surface area contributed by atoms with E-state index >= 15 is 0 Å². The van der Waals surface area contributed by atoms with Gasteiger partial charge in [0, 0.05) is 51.2 Å². The fourth-order valence-electron chi connectivity index (χ4n) is 3.63. The molecule has 3 heterocycles. The monoisotopic (exact) mass is 369 g/mol. The molecule has 3 fully saturated rings. The van der Waals surface area contributed by atoms with Gasteiger partial charge in [-0.2, -0.15) is 0 Å². The van der Waals surface area contributed by atoms with Crippen molar-refractivity contribution >= 4 is 30.7 Å². The van der Waals surface area contributed by atoms with E-state index in [0.29, 0.717) is 25.0 Å². The van der Waals surface area contributed by atoms with Gasteiger partial charge in [-0.3, -0.25) is 9.69 Å². The van der Waals surface area contributed by atoms with E-state index in [0.717, 1.165) is 52.5 Å². The van der Waals surface area contributed by atoms with Crippen LogP contribution in [-0.4, -0.2) is 86.9 Å². The number of carbonyl (C=O) groups is 1. The molecule has 0 saturated carbocycles. The van der Waals surface area contributed by atoms with Gasteiger partial charge in [-0.25, -0.2) is 0 Å². The average molecular weight is 370 g/mol. The van der Waals surface area contributed by atoms with Gasteiger partial charge in [0.1, 0.15) is 0 Å². The standard InChI is InChI=1S/C15H27N3O3.2ClH/c1-12-9-18(10-14(12)17-3-6-20-7-4-17)15(19)8-13-11-21-5-2-16-13;;/h12-14,16H,2-11H2,1H3;2*1H. The quantitative estimate of drug-likeness (QED) is 0.779. The van der Waals surface area contributed by atoms with Crippen molar-refractivity contribution in [1.82, 2.24) is 15.1 Å². The molecule has 0 bridgehead atoms. The second-order valence-electron chi connectivity index (χ2n) is 6.42. The smallest absolute Gasteiger partial charge is 0.224 e. The van der Waals surface area contributed by atoms with E-state index in [1.54, 1.807) is 0 Å². The minimum Gasteiger partial charge on any atom is -0.379 e. The zero-order chi connectivity index (χ0) is 14.7. The fourth-order valence-corrected chi connectivity index (χ4v) is 3.63. The van der Waals surface area contributed by atoms with E-state index in [-0.39, 0.29) is 36.8 Å². The number of hydrogen-bond donors (Lipinski definition) is 1. The first-order valence-corrected chi connectivity index (χ1v) is 8.15. The first-order valence-electron chi connectivity index (χ1n) is 8.15. The lowest BCUT2D eigenvalue weighted by molar-refractivity contribution is -0.131. The lowest BCUT2D eigenvalue weighted by Gasteiger charge is -2.34. The van der Waals surface area contributed by atoms with Gasteiger partial charge in [-0.1, -0.05) is 6.92 Å². The Kier molecular flexibility index (Phi) is 9.11. The predicted octanol–water partition coefficient (Wildman–Crippen LogP) is 0.388. The summed E-state index contributed by atoms with van der Waals surface area (Å²) in [5, 5.41) is 3.36. The topological polar surface area (TPSA) is 54.0 Å². The molecule has 6 nitrogen and oxygen atoms in total. The maximum atomic E-state index is 12.5. The summed E-state index contributed by atoms with van der Waals surface area (Å²) in [4.78, 5) is 17.0. The van der Waals surface area contributed by atoms with Crippen LogP contribution in [0.2, 0.25) is 0 Å². The first kappa shape index (κ1) is 20.9. The van der Waals surface area contributed by atoms with E-state index in [1.165, 1.54) is 0 Å². The molecule has 0 spiro atoms. The Morgan fingerprint density at radius 2 is 1.87 bits per heavy atom. The number of halogens is 2. The minimum atomic E-state index is 0. The van der Waals surface area contributed by atoms with Gasteiger partial charge in [0.15, 0.2) is 0 Å². The highest BCUT2D eigenvalue weighted by Gasteiger charge is 2.37. The molecule has 136 valence electrons. The highest BCUT2D eigenvalue weighted by molar-refractivity contribution is 5.85. The number of morpholine rings is 2. The van der Waals surface area contributed by atoms with Crippen molar-refractivity contribution in [3.63, 3.8) is 0 Å². The number of nitrogens with one attached hydrogen (secondary N) is 1. The summed E-state index contributed by atoms with van der Waals surface area (Å²) in [5.41, 5.74) is 0. The van der Waals surface area contributed by atoms with Crippen molar-refractivity contribution in [2.45, 2.75) is 25.4 Å². The number of hydrogen-bond acceptors (Lipinski definition) is 5. The van der Waals surface area contributed by atoms with E-state index in [2.05, 4.69) is 17.1 Å². The summed E-state index contributed by atoms with van der Waals surface area (Å²) in [6.07, 6.45) is 0.558. The molecule has 3 atom stereocenters. The molecule has 1 amide bonds. The van der Waals surface area contributed by atoms with Crippen molar-refractivity contribution in [2.75, 3.05) is 59.2 Å².